The van der Waals surface area contributed by atoms with Crippen molar-refractivity contribution in [1.82, 2.24) is 20.5 Å². The molecule has 0 atom stereocenters. The minimum Gasteiger partial charge on any atom is -0.345 e. The van der Waals surface area contributed by atoms with Crippen LogP contribution in [0.25, 0.3) is 0 Å². The second kappa shape index (κ2) is 5.44. The van der Waals surface area contributed by atoms with Gasteiger partial charge in [0, 0.05) is 6.54 Å². The number of amides is 1. The Morgan fingerprint density at radius 1 is 1.28 bits per heavy atom. The lowest BCUT2D eigenvalue weighted by atomic mass is 10.1. The zero-order chi connectivity index (χ0) is 13.0. The summed E-state index contributed by atoms with van der Waals surface area (Å²) in [7, 11) is 0. The number of aromatic amines is 1. The molecule has 1 heterocycles. The second-order valence-corrected chi connectivity index (χ2v) is 4.10. The topological polar surface area (TPSA) is 70.7 Å². The zero-order valence-electron chi connectivity index (χ0n) is 10.5. The third-order valence-electron chi connectivity index (χ3n) is 2.68. The number of benzene rings is 1. The van der Waals surface area contributed by atoms with Crippen molar-refractivity contribution < 1.29 is 4.79 Å². The standard InChI is InChI=1S/C13H16N4O/c1-3-10-4-6-11(7-5-10)8-14-13(18)12-15-9(2)16-17-12/h4-7H,3,8H2,1-2H3,(H,14,18)(H,15,16,17). The Hall–Kier alpha value is -2.17. The van der Waals surface area contributed by atoms with Crippen LogP contribution in [0.1, 0.15) is 34.5 Å². The summed E-state index contributed by atoms with van der Waals surface area (Å²) in [5, 5.41) is 9.23. The number of hydrogen-bond donors (Lipinski definition) is 2. The monoisotopic (exact) mass is 244 g/mol. The number of carbonyl (C=O) groups is 1. The molecule has 5 heteroatoms. The smallest absolute Gasteiger partial charge is 0.291 e. The van der Waals surface area contributed by atoms with Gasteiger partial charge < -0.3 is 5.32 Å². The number of aryl methyl sites for hydroxylation is 2. The van der Waals surface area contributed by atoms with Gasteiger partial charge in [-0.25, -0.2) is 4.98 Å². The van der Waals surface area contributed by atoms with Gasteiger partial charge in [0.1, 0.15) is 5.82 Å². The van der Waals surface area contributed by atoms with E-state index >= 15 is 0 Å². The Kier molecular flexibility index (Phi) is 3.72. The highest BCUT2D eigenvalue weighted by molar-refractivity contribution is 5.90. The van der Waals surface area contributed by atoms with Gasteiger partial charge >= 0.3 is 0 Å². The van der Waals surface area contributed by atoms with E-state index in [2.05, 4.69) is 39.6 Å². The van der Waals surface area contributed by atoms with Gasteiger partial charge in [-0.05, 0) is 24.5 Å². The average Bonchev–Trinajstić information content (AvgIpc) is 2.83. The van der Waals surface area contributed by atoms with Crippen LogP contribution in [0.3, 0.4) is 0 Å². The Labute approximate surface area is 106 Å². The van der Waals surface area contributed by atoms with E-state index in [1.165, 1.54) is 5.56 Å². The number of carbonyl (C=O) groups excluding carboxylic acids is 1. The van der Waals surface area contributed by atoms with Crippen molar-refractivity contribution in [1.29, 1.82) is 0 Å². The molecule has 0 bridgehead atoms. The van der Waals surface area contributed by atoms with Crippen LogP contribution >= 0.6 is 0 Å². The van der Waals surface area contributed by atoms with Gasteiger partial charge in [-0.3, -0.25) is 9.89 Å². The lowest BCUT2D eigenvalue weighted by Gasteiger charge is -2.03. The molecule has 0 saturated carbocycles. The van der Waals surface area contributed by atoms with Crippen molar-refractivity contribution >= 4 is 5.91 Å². The van der Waals surface area contributed by atoms with Crippen LogP contribution in [0.5, 0.6) is 0 Å². The minimum atomic E-state index is -0.265. The molecular formula is C13H16N4O. The number of nitrogens with one attached hydrogen (secondary N) is 2. The first-order valence-electron chi connectivity index (χ1n) is 5.94. The molecule has 18 heavy (non-hydrogen) atoms. The maximum atomic E-state index is 11.7. The summed E-state index contributed by atoms with van der Waals surface area (Å²) in [6.45, 7) is 4.35. The molecular weight excluding hydrogens is 228 g/mol. The van der Waals surface area contributed by atoms with E-state index in [0.717, 1.165) is 12.0 Å². The molecule has 94 valence electrons. The van der Waals surface area contributed by atoms with Crippen molar-refractivity contribution in [2.24, 2.45) is 0 Å². The van der Waals surface area contributed by atoms with Gasteiger partial charge in [0.15, 0.2) is 0 Å². The van der Waals surface area contributed by atoms with E-state index in [1.54, 1.807) is 6.92 Å². The van der Waals surface area contributed by atoms with Crippen LogP contribution in [0.2, 0.25) is 0 Å². The molecule has 5 nitrogen and oxygen atoms in total. The molecule has 2 rings (SSSR count). The number of rotatable bonds is 4. The van der Waals surface area contributed by atoms with Crippen LogP contribution in [0, 0.1) is 6.92 Å². The average molecular weight is 244 g/mol. The van der Waals surface area contributed by atoms with E-state index in [0.29, 0.717) is 12.4 Å². The fraction of sp³-hybridized carbons (Fsp3) is 0.308. The SMILES string of the molecule is CCc1ccc(CNC(=O)c2n[nH]c(C)n2)cc1. The fourth-order valence-corrected chi connectivity index (χ4v) is 1.60. The molecule has 0 saturated heterocycles. The van der Waals surface area contributed by atoms with Crippen LogP contribution in [-0.2, 0) is 13.0 Å². The summed E-state index contributed by atoms with van der Waals surface area (Å²) in [5.41, 5.74) is 2.35. The third kappa shape index (κ3) is 2.94. The van der Waals surface area contributed by atoms with E-state index in [-0.39, 0.29) is 11.7 Å². The molecule has 0 aliphatic carbocycles. The first-order valence-corrected chi connectivity index (χ1v) is 5.94. The van der Waals surface area contributed by atoms with Crippen molar-refractivity contribution in [3.63, 3.8) is 0 Å². The zero-order valence-corrected chi connectivity index (χ0v) is 10.5. The van der Waals surface area contributed by atoms with E-state index < -0.39 is 0 Å². The van der Waals surface area contributed by atoms with E-state index in [4.69, 9.17) is 0 Å². The maximum Gasteiger partial charge on any atom is 0.291 e. The van der Waals surface area contributed by atoms with Crippen LogP contribution in [0.15, 0.2) is 24.3 Å². The van der Waals surface area contributed by atoms with Crippen molar-refractivity contribution in [2.45, 2.75) is 26.8 Å². The molecule has 0 fully saturated rings. The fourth-order valence-electron chi connectivity index (χ4n) is 1.60. The molecule has 1 amide bonds. The summed E-state index contributed by atoms with van der Waals surface area (Å²) in [6.07, 6.45) is 1.02. The van der Waals surface area contributed by atoms with Gasteiger partial charge in [0.2, 0.25) is 5.82 Å². The Bertz CT molecular complexity index is 530. The number of H-pyrrole nitrogens is 1. The van der Waals surface area contributed by atoms with E-state index in [9.17, 15) is 4.79 Å². The normalized spacial score (nSPS) is 10.3. The molecule has 0 spiro atoms. The van der Waals surface area contributed by atoms with Gasteiger partial charge in [-0.1, -0.05) is 31.2 Å². The molecule has 2 N–H and O–H groups in total. The van der Waals surface area contributed by atoms with Crippen molar-refractivity contribution in [3.8, 4) is 0 Å². The van der Waals surface area contributed by atoms with Crippen LogP contribution in [-0.4, -0.2) is 21.1 Å². The quantitative estimate of drug-likeness (QED) is 0.858. The lowest BCUT2D eigenvalue weighted by Crippen LogP contribution is -2.24. The Morgan fingerprint density at radius 2 is 1.94 bits per heavy atom. The minimum absolute atomic E-state index is 0.178. The molecule has 0 unspecified atom stereocenters. The molecule has 0 aliphatic rings. The largest absolute Gasteiger partial charge is 0.345 e. The number of aromatic nitrogens is 3. The van der Waals surface area contributed by atoms with E-state index in [1.807, 2.05) is 12.1 Å². The van der Waals surface area contributed by atoms with Crippen LogP contribution < -0.4 is 5.32 Å². The van der Waals surface area contributed by atoms with Gasteiger partial charge in [-0.15, -0.1) is 5.10 Å². The summed E-state index contributed by atoms with van der Waals surface area (Å²) in [5.74, 6) is 0.545. The first kappa shape index (κ1) is 12.3. The van der Waals surface area contributed by atoms with Crippen LogP contribution in [0.4, 0.5) is 0 Å². The highest BCUT2D eigenvalue weighted by atomic mass is 16.2. The molecule has 2 aromatic rings. The highest BCUT2D eigenvalue weighted by Crippen LogP contribution is 2.04. The second-order valence-electron chi connectivity index (χ2n) is 4.10. The molecule has 0 aliphatic heterocycles. The predicted molar refractivity (Wildman–Crippen MR) is 68.1 cm³/mol. The molecule has 1 aromatic carbocycles. The third-order valence-corrected chi connectivity index (χ3v) is 2.68. The van der Waals surface area contributed by atoms with Crippen molar-refractivity contribution in [3.05, 3.63) is 47.0 Å². The van der Waals surface area contributed by atoms with Gasteiger partial charge in [0.05, 0.1) is 0 Å². The summed E-state index contributed by atoms with van der Waals surface area (Å²) < 4.78 is 0. The van der Waals surface area contributed by atoms with Crippen molar-refractivity contribution in [2.75, 3.05) is 0 Å². The van der Waals surface area contributed by atoms with Gasteiger partial charge in [0.25, 0.3) is 5.91 Å². The van der Waals surface area contributed by atoms with Gasteiger partial charge in [-0.2, -0.15) is 0 Å². The first-order chi connectivity index (χ1) is 8.69. The summed E-state index contributed by atoms with van der Waals surface area (Å²) in [6, 6.07) is 8.17. The molecule has 0 radical (unpaired) electrons. The Balaban J connectivity index is 1.92. The number of hydrogen-bond acceptors (Lipinski definition) is 3. The maximum absolute atomic E-state index is 11.7. The summed E-state index contributed by atoms with van der Waals surface area (Å²) in [4.78, 5) is 15.7. The highest BCUT2D eigenvalue weighted by Gasteiger charge is 2.10. The lowest BCUT2D eigenvalue weighted by molar-refractivity contribution is 0.0941. The summed E-state index contributed by atoms with van der Waals surface area (Å²) >= 11 is 0. The number of nitrogens with zero attached hydrogens (tertiary/aromatic N) is 2. The molecule has 1 aromatic heterocycles. The Morgan fingerprint density at radius 3 is 2.50 bits per heavy atom. The predicted octanol–water partition coefficient (Wildman–Crippen LogP) is 1.61.